The molecular formula is C12H16N2O2. The molecule has 4 heteroatoms. The first-order valence-corrected chi connectivity index (χ1v) is 5.05. The van der Waals surface area contributed by atoms with Gasteiger partial charge in [-0.2, -0.15) is 0 Å². The van der Waals surface area contributed by atoms with Crippen LogP contribution in [0, 0.1) is 13.8 Å². The topological polar surface area (TPSA) is 50.7 Å². The number of rotatable bonds is 2. The summed E-state index contributed by atoms with van der Waals surface area (Å²) in [6.45, 7) is 7.39. The van der Waals surface area contributed by atoms with Gasteiger partial charge in [0.1, 0.15) is 0 Å². The highest BCUT2D eigenvalue weighted by Crippen LogP contribution is 2.16. The SMILES string of the molecule is CC(C)=NOC(=O)Nc1cc(C)ccc1C. The van der Waals surface area contributed by atoms with Gasteiger partial charge in [0, 0.05) is 5.69 Å². The fraction of sp³-hybridized carbons (Fsp3) is 0.333. The molecule has 0 radical (unpaired) electrons. The van der Waals surface area contributed by atoms with Crippen LogP contribution in [0.1, 0.15) is 25.0 Å². The first-order chi connectivity index (χ1) is 7.49. The molecule has 1 aromatic rings. The van der Waals surface area contributed by atoms with Crippen LogP contribution < -0.4 is 5.32 Å². The third-order valence-electron chi connectivity index (χ3n) is 1.94. The van der Waals surface area contributed by atoms with Gasteiger partial charge >= 0.3 is 6.09 Å². The number of hydrogen-bond donors (Lipinski definition) is 1. The van der Waals surface area contributed by atoms with Gasteiger partial charge in [-0.25, -0.2) is 4.79 Å². The second kappa shape index (κ2) is 5.30. The number of benzene rings is 1. The first kappa shape index (κ1) is 12.2. The van der Waals surface area contributed by atoms with E-state index in [1.54, 1.807) is 13.8 Å². The lowest BCUT2D eigenvalue weighted by molar-refractivity contribution is 0.166. The highest BCUT2D eigenvalue weighted by atomic mass is 16.7. The lowest BCUT2D eigenvalue weighted by Gasteiger charge is -2.07. The molecule has 1 N–H and O–H groups in total. The minimum absolute atomic E-state index is 0.574. The van der Waals surface area contributed by atoms with Gasteiger partial charge < -0.3 is 0 Å². The van der Waals surface area contributed by atoms with E-state index in [1.807, 2.05) is 32.0 Å². The normalized spacial score (nSPS) is 9.50. The molecule has 16 heavy (non-hydrogen) atoms. The summed E-state index contributed by atoms with van der Waals surface area (Å²) in [5.74, 6) is 0. The molecule has 4 nitrogen and oxygen atoms in total. The fourth-order valence-corrected chi connectivity index (χ4v) is 1.14. The van der Waals surface area contributed by atoms with Gasteiger partial charge in [-0.1, -0.05) is 17.3 Å². The molecule has 86 valence electrons. The van der Waals surface area contributed by atoms with Crippen LogP contribution in [-0.2, 0) is 4.84 Å². The largest absolute Gasteiger partial charge is 0.437 e. The Bertz CT molecular complexity index is 421. The average Bonchev–Trinajstić information content (AvgIpc) is 2.20. The zero-order valence-corrected chi connectivity index (χ0v) is 10.00. The van der Waals surface area contributed by atoms with Gasteiger partial charge in [-0.15, -0.1) is 0 Å². The Balaban J connectivity index is 2.69. The van der Waals surface area contributed by atoms with Crippen molar-refractivity contribution in [2.45, 2.75) is 27.7 Å². The Morgan fingerprint density at radius 1 is 1.31 bits per heavy atom. The van der Waals surface area contributed by atoms with Gasteiger partial charge in [-0.05, 0) is 44.9 Å². The smallest absolute Gasteiger partial charge is 0.298 e. The highest BCUT2D eigenvalue weighted by Gasteiger charge is 2.05. The minimum Gasteiger partial charge on any atom is -0.298 e. The van der Waals surface area contributed by atoms with Crippen molar-refractivity contribution in [3.63, 3.8) is 0 Å². The summed E-state index contributed by atoms with van der Waals surface area (Å²) in [6.07, 6.45) is -0.574. The third-order valence-corrected chi connectivity index (χ3v) is 1.94. The molecule has 0 unspecified atom stereocenters. The maximum Gasteiger partial charge on any atom is 0.437 e. The fourth-order valence-electron chi connectivity index (χ4n) is 1.14. The summed E-state index contributed by atoms with van der Waals surface area (Å²) in [7, 11) is 0. The average molecular weight is 220 g/mol. The van der Waals surface area contributed by atoms with Crippen LogP contribution in [0.3, 0.4) is 0 Å². The molecule has 0 spiro atoms. The summed E-state index contributed by atoms with van der Waals surface area (Å²) in [4.78, 5) is 16.0. The van der Waals surface area contributed by atoms with Crippen LogP contribution >= 0.6 is 0 Å². The standard InChI is InChI=1S/C12H16N2O2/c1-8(2)14-16-12(15)13-11-7-9(3)5-6-10(11)4/h5-7H,1-4H3,(H,13,15). The van der Waals surface area contributed by atoms with Crippen molar-refractivity contribution in [3.05, 3.63) is 29.3 Å². The van der Waals surface area contributed by atoms with E-state index in [0.29, 0.717) is 5.71 Å². The van der Waals surface area contributed by atoms with Gasteiger partial charge in [-0.3, -0.25) is 10.2 Å². The van der Waals surface area contributed by atoms with E-state index in [-0.39, 0.29) is 0 Å². The number of oxime groups is 1. The van der Waals surface area contributed by atoms with Crippen LogP contribution in [0.4, 0.5) is 10.5 Å². The summed E-state index contributed by atoms with van der Waals surface area (Å²) >= 11 is 0. The molecule has 0 aliphatic carbocycles. The zero-order valence-electron chi connectivity index (χ0n) is 10.00. The number of aryl methyl sites for hydroxylation is 2. The molecule has 0 aliphatic heterocycles. The molecule has 0 bridgehead atoms. The second-order valence-electron chi connectivity index (χ2n) is 3.86. The van der Waals surface area contributed by atoms with E-state index in [2.05, 4.69) is 15.3 Å². The number of nitrogens with one attached hydrogen (secondary N) is 1. The maximum atomic E-state index is 11.3. The van der Waals surface area contributed by atoms with Crippen LogP contribution in [0.25, 0.3) is 0 Å². The molecule has 0 aromatic heterocycles. The monoisotopic (exact) mass is 220 g/mol. The number of carbonyl (C=O) groups excluding carboxylic acids is 1. The quantitative estimate of drug-likeness (QED) is 0.472. The van der Waals surface area contributed by atoms with E-state index in [1.165, 1.54) is 0 Å². The molecule has 0 saturated heterocycles. The summed E-state index contributed by atoms with van der Waals surface area (Å²) < 4.78 is 0. The number of anilines is 1. The Morgan fingerprint density at radius 3 is 2.62 bits per heavy atom. The lowest BCUT2D eigenvalue weighted by Crippen LogP contribution is -2.12. The number of carbonyl (C=O) groups is 1. The van der Waals surface area contributed by atoms with Gasteiger partial charge in [0.05, 0.1) is 5.71 Å². The molecular weight excluding hydrogens is 204 g/mol. The van der Waals surface area contributed by atoms with E-state index < -0.39 is 6.09 Å². The molecule has 1 aromatic carbocycles. The molecule has 0 fully saturated rings. The van der Waals surface area contributed by atoms with E-state index in [9.17, 15) is 4.79 Å². The summed E-state index contributed by atoms with van der Waals surface area (Å²) in [5.41, 5.74) is 3.50. The van der Waals surface area contributed by atoms with Crippen molar-refractivity contribution < 1.29 is 9.63 Å². The second-order valence-corrected chi connectivity index (χ2v) is 3.86. The third kappa shape index (κ3) is 3.73. The van der Waals surface area contributed by atoms with Crippen molar-refractivity contribution in [1.29, 1.82) is 0 Å². The molecule has 0 saturated carbocycles. The number of hydrogen-bond acceptors (Lipinski definition) is 3. The molecule has 0 heterocycles. The lowest BCUT2D eigenvalue weighted by atomic mass is 10.1. The van der Waals surface area contributed by atoms with Crippen molar-refractivity contribution >= 4 is 17.5 Å². The summed E-state index contributed by atoms with van der Waals surface area (Å²) in [6, 6.07) is 5.82. The van der Waals surface area contributed by atoms with E-state index in [0.717, 1.165) is 16.8 Å². The number of nitrogens with zero attached hydrogens (tertiary/aromatic N) is 1. The molecule has 1 amide bonds. The van der Waals surface area contributed by atoms with Crippen LogP contribution in [0.2, 0.25) is 0 Å². The predicted octanol–water partition coefficient (Wildman–Crippen LogP) is 3.25. The van der Waals surface area contributed by atoms with Crippen LogP contribution in [0.15, 0.2) is 23.4 Å². The predicted molar refractivity (Wildman–Crippen MR) is 64.8 cm³/mol. The van der Waals surface area contributed by atoms with Gasteiger partial charge in [0.15, 0.2) is 0 Å². The summed E-state index contributed by atoms with van der Waals surface area (Å²) in [5, 5.41) is 6.22. The Kier molecular flexibility index (Phi) is 4.05. The van der Waals surface area contributed by atoms with Gasteiger partial charge in [0.25, 0.3) is 0 Å². The minimum atomic E-state index is -0.574. The van der Waals surface area contributed by atoms with Crippen molar-refractivity contribution in [2.24, 2.45) is 5.16 Å². The van der Waals surface area contributed by atoms with E-state index >= 15 is 0 Å². The van der Waals surface area contributed by atoms with Crippen molar-refractivity contribution in [2.75, 3.05) is 5.32 Å². The first-order valence-electron chi connectivity index (χ1n) is 5.05. The molecule has 1 rings (SSSR count). The van der Waals surface area contributed by atoms with Crippen LogP contribution in [-0.4, -0.2) is 11.8 Å². The van der Waals surface area contributed by atoms with Crippen molar-refractivity contribution in [3.8, 4) is 0 Å². The zero-order chi connectivity index (χ0) is 12.1. The maximum absolute atomic E-state index is 11.3. The Labute approximate surface area is 95.3 Å². The van der Waals surface area contributed by atoms with Crippen molar-refractivity contribution in [1.82, 2.24) is 0 Å². The Hall–Kier alpha value is -1.84. The molecule has 0 aliphatic rings. The Morgan fingerprint density at radius 2 is 2.00 bits per heavy atom. The van der Waals surface area contributed by atoms with Gasteiger partial charge in [0.2, 0.25) is 0 Å². The van der Waals surface area contributed by atoms with E-state index in [4.69, 9.17) is 0 Å². The van der Waals surface area contributed by atoms with Crippen LogP contribution in [0.5, 0.6) is 0 Å². The highest BCUT2D eigenvalue weighted by molar-refractivity contribution is 5.86. The molecule has 0 atom stereocenters. The number of amides is 1.